The number of anilines is 2. The van der Waals surface area contributed by atoms with Crippen LogP contribution >= 0.6 is 0 Å². The minimum Gasteiger partial charge on any atom is -0.496 e. The molecule has 0 atom stereocenters. The van der Waals surface area contributed by atoms with Gasteiger partial charge in [0, 0.05) is 11.4 Å². The van der Waals surface area contributed by atoms with Crippen LogP contribution in [0.5, 0.6) is 5.75 Å². The summed E-state index contributed by atoms with van der Waals surface area (Å²) in [4.78, 5) is 23.0. The van der Waals surface area contributed by atoms with E-state index in [2.05, 4.69) is 10.6 Å². The minimum absolute atomic E-state index is 0.0655. The Kier molecular flexibility index (Phi) is 4.57. The van der Waals surface area contributed by atoms with Gasteiger partial charge >= 0.3 is 6.03 Å². The van der Waals surface area contributed by atoms with E-state index in [1.54, 1.807) is 18.2 Å². The molecule has 6 nitrogen and oxygen atoms in total. The van der Waals surface area contributed by atoms with E-state index in [-0.39, 0.29) is 11.3 Å². The molecule has 0 fully saturated rings. The Bertz CT molecular complexity index is 719. The molecule has 0 radical (unpaired) electrons. The molecule has 0 aromatic heterocycles. The largest absolute Gasteiger partial charge is 0.496 e. The second-order valence-electron chi connectivity index (χ2n) is 4.37. The molecule has 2 aromatic carbocycles. The molecule has 0 heterocycles. The molecule has 22 heavy (non-hydrogen) atoms. The van der Waals surface area contributed by atoms with Crippen LogP contribution in [0.3, 0.4) is 0 Å². The predicted molar refractivity (Wildman–Crippen MR) is 80.6 cm³/mol. The third kappa shape index (κ3) is 3.72. The number of amides is 3. The highest BCUT2D eigenvalue weighted by atomic mass is 19.1. The van der Waals surface area contributed by atoms with Crippen molar-refractivity contribution in [2.24, 2.45) is 5.73 Å². The summed E-state index contributed by atoms with van der Waals surface area (Å²) >= 11 is 0. The SMILES string of the molecule is COc1ccc(F)cc1C(=O)Nc1cccc(NC(N)=O)c1. The Labute approximate surface area is 126 Å². The fraction of sp³-hybridized carbons (Fsp3) is 0.0667. The zero-order chi connectivity index (χ0) is 16.1. The number of primary amides is 1. The summed E-state index contributed by atoms with van der Waals surface area (Å²) in [5.74, 6) is -0.826. The van der Waals surface area contributed by atoms with E-state index < -0.39 is 17.8 Å². The number of halogens is 1. The third-order valence-electron chi connectivity index (χ3n) is 2.79. The van der Waals surface area contributed by atoms with Crippen LogP contribution < -0.4 is 21.1 Å². The van der Waals surface area contributed by atoms with E-state index in [4.69, 9.17) is 10.5 Å². The zero-order valence-corrected chi connectivity index (χ0v) is 11.7. The van der Waals surface area contributed by atoms with Crippen molar-refractivity contribution in [2.75, 3.05) is 17.7 Å². The maximum Gasteiger partial charge on any atom is 0.316 e. The molecule has 4 N–H and O–H groups in total. The molecule has 3 amide bonds. The number of ether oxygens (including phenoxy) is 1. The van der Waals surface area contributed by atoms with Crippen molar-refractivity contribution in [3.05, 3.63) is 53.8 Å². The summed E-state index contributed by atoms with van der Waals surface area (Å²) in [6, 6.07) is 9.33. The first-order valence-electron chi connectivity index (χ1n) is 6.31. The van der Waals surface area contributed by atoms with E-state index in [0.29, 0.717) is 11.4 Å². The Morgan fingerprint density at radius 1 is 1.09 bits per heavy atom. The highest BCUT2D eigenvalue weighted by Crippen LogP contribution is 2.22. The fourth-order valence-electron chi connectivity index (χ4n) is 1.87. The minimum atomic E-state index is -0.713. The molecular formula is C15H14FN3O3. The molecule has 0 saturated carbocycles. The maximum absolute atomic E-state index is 13.3. The van der Waals surface area contributed by atoms with Crippen molar-refractivity contribution in [3.8, 4) is 5.75 Å². The number of benzene rings is 2. The van der Waals surface area contributed by atoms with Gasteiger partial charge in [0.05, 0.1) is 12.7 Å². The quantitative estimate of drug-likeness (QED) is 0.810. The van der Waals surface area contributed by atoms with Gasteiger partial charge < -0.3 is 21.1 Å². The summed E-state index contributed by atoms with van der Waals surface area (Å²) < 4.78 is 18.3. The lowest BCUT2D eigenvalue weighted by molar-refractivity contribution is 0.102. The first kappa shape index (κ1) is 15.3. The number of hydrogen-bond donors (Lipinski definition) is 3. The number of urea groups is 1. The normalized spacial score (nSPS) is 9.91. The van der Waals surface area contributed by atoms with Gasteiger partial charge in [-0.15, -0.1) is 0 Å². The van der Waals surface area contributed by atoms with Crippen molar-refractivity contribution in [3.63, 3.8) is 0 Å². The van der Waals surface area contributed by atoms with Gasteiger partial charge in [0.15, 0.2) is 0 Å². The summed E-state index contributed by atoms with van der Waals surface area (Å²) in [6.45, 7) is 0. The number of nitrogens with one attached hydrogen (secondary N) is 2. The van der Waals surface area contributed by atoms with Crippen molar-refractivity contribution >= 4 is 23.3 Å². The van der Waals surface area contributed by atoms with Crippen LogP contribution in [0.25, 0.3) is 0 Å². The molecule has 114 valence electrons. The summed E-state index contributed by atoms with van der Waals surface area (Å²) in [7, 11) is 1.39. The first-order valence-corrected chi connectivity index (χ1v) is 6.31. The molecule has 0 spiro atoms. The van der Waals surface area contributed by atoms with E-state index in [9.17, 15) is 14.0 Å². The monoisotopic (exact) mass is 303 g/mol. The Balaban J connectivity index is 2.22. The Morgan fingerprint density at radius 2 is 1.77 bits per heavy atom. The first-order chi connectivity index (χ1) is 10.5. The maximum atomic E-state index is 13.3. The average Bonchev–Trinajstić information content (AvgIpc) is 2.46. The van der Waals surface area contributed by atoms with Gasteiger partial charge in [0.1, 0.15) is 11.6 Å². The van der Waals surface area contributed by atoms with Crippen LogP contribution in [0.4, 0.5) is 20.6 Å². The zero-order valence-electron chi connectivity index (χ0n) is 11.7. The van der Waals surface area contributed by atoms with Crippen molar-refractivity contribution in [1.82, 2.24) is 0 Å². The van der Waals surface area contributed by atoms with Crippen molar-refractivity contribution in [2.45, 2.75) is 0 Å². The van der Waals surface area contributed by atoms with Crippen molar-refractivity contribution < 1.29 is 18.7 Å². The molecule has 0 aliphatic carbocycles. The molecule has 0 bridgehead atoms. The van der Waals surface area contributed by atoms with Crippen LogP contribution in [0.15, 0.2) is 42.5 Å². The smallest absolute Gasteiger partial charge is 0.316 e. The summed E-state index contributed by atoms with van der Waals surface area (Å²) in [6.07, 6.45) is 0. The van der Waals surface area contributed by atoms with Crippen LogP contribution in [-0.2, 0) is 0 Å². The lowest BCUT2D eigenvalue weighted by Crippen LogP contribution is -2.19. The number of nitrogens with two attached hydrogens (primary N) is 1. The molecule has 0 saturated heterocycles. The number of carbonyl (C=O) groups is 2. The molecule has 7 heteroatoms. The highest BCUT2D eigenvalue weighted by Gasteiger charge is 2.14. The van der Waals surface area contributed by atoms with Gasteiger partial charge in [-0.25, -0.2) is 9.18 Å². The lowest BCUT2D eigenvalue weighted by atomic mass is 10.1. The second kappa shape index (κ2) is 6.57. The van der Waals surface area contributed by atoms with Gasteiger partial charge in [0.25, 0.3) is 5.91 Å². The molecule has 2 aromatic rings. The number of rotatable bonds is 4. The highest BCUT2D eigenvalue weighted by molar-refractivity contribution is 6.06. The molecule has 0 unspecified atom stereocenters. The van der Waals surface area contributed by atoms with Gasteiger partial charge in [-0.1, -0.05) is 6.07 Å². The number of hydrogen-bond acceptors (Lipinski definition) is 3. The van der Waals surface area contributed by atoms with Crippen LogP contribution in [0.2, 0.25) is 0 Å². The predicted octanol–water partition coefficient (Wildman–Crippen LogP) is 2.58. The van der Waals surface area contributed by atoms with E-state index >= 15 is 0 Å². The third-order valence-corrected chi connectivity index (χ3v) is 2.79. The van der Waals surface area contributed by atoms with Crippen molar-refractivity contribution in [1.29, 1.82) is 0 Å². The summed E-state index contributed by atoms with van der Waals surface area (Å²) in [5.41, 5.74) is 5.94. The molecule has 0 aliphatic heterocycles. The van der Waals surface area contributed by atoms with Crippen LogP contribution in [0.1, 0.15) is 10.4 Å². The summed E-state index contributed by atoms with van der Waals surface area (Å²) in [5, 5.41) is 4.99. The molecule has 2 rings (SSSR count). The second-order valence-corrected chi connectivity index (χ2v) is 4.37. The van der Waals surface area contributed by atoms with Gasteiger partial charge in [-0.2, -0.15) is 0 Å². The average molecular weight is 303 g/mol. The standard InChI is InChI=1S/C15H14FN3O3/c1-22-13-6-5-9(16)7-12(13)14(20)18-10-3-2-4-11(8-10)19-15(17)21/h2-8H,1H3,(H,18,20)(H3,17,19,21). The number of carbonyl (C=O) groups excluding carboxylic acids is 2. The van der Waals surface area contributed by atoms with E-state index in [0.717, 1.165) is 6.07 Å². The molecular weight excluding hydrogens is 289 g/mol. The van der Waals surface area contributed by atoms with Crippen LogP contribution in [-0.4, -0.2) is 19.0 Å². The fourth-order valence-corrected chi connectivity index (χ4v) is 1.87. The van der Waals surface area contributed by atoms with Crippen LogP contribution in [0, 0.1) is 5.82 Å². The van der Waals surface area contributed by atoms with Gasteiger partial charge in [-0.05, 0) is 36.4 Å². The van der Waals surface area contributed by atoms with Gasteiger partial charge in [-0.3, -0.25) is 4.79 Å². The van der Waals surface area contributed by atoms with E-state index in [1.165, 1.54) is 25.3 Å². The topological polar surface area (TPSA) is 93.4 Å². The lowest BCUT2D eigenvalue weighted by Gasteiger charge is -2.10. The Hall–Kier alpha value is -3.09. The number of methoxy groups -OCH3 is 1. The van der Waals surface area contributed by atoms with Gasteiger partial charge in [0.2, 0.25) is 0 Å². The Morgan fingerprint density at radius 3 is 2.41 bits per heavy atom. The molecule has 0 aliphatic rings. The van der Waals surface area contributed by atoms with E-state index in [1.807, 2.05) is 0 Å².